The molecule has 0 bridgehead atoms. The van der Waals surface area contributed by atoms with E-state index in [0.717, 1.165) is 5.56 Å². The molecule has 1 aromatic heterocycles. The largest absolute Gasteiger partial charge is 0.328 e. The third-order valence-corrected chi connectivity index (χ3v) is 3.88. The molecular weight excluding hydrogens is 294 g/mol. The number of aromatic amines is 1. The zero-order valence-electron chi connectivity index (χ0n) is 12.9. The van der Waals surface area contributed by atoms with Crippen molar-refractivity contribution in [1.29, 1.82) is 0 Å². The highest BCUT2D eigenvalue weighted by Crippen LogP contribution is 2.21. The zero-order chi connectivity index (χ0) is 16.2. The van der Waals surface area contributed by atoms with Crippen LogP contribution in [0.5, 0.6) is 0 Å². The molecule has 0 saturated heterocycles. The van der Waals surface area contributed by atoms with Crippen LogP contribution in [0.15, 0.2) is 58.3 Å². The van der Waals surface area contributed by atoms with E-state index < -0.39 is 0 Å². The summed E-state index contributed by atoms with van der Waals surface area (Å²) in [5.41, 5.74) is 3.89. The fourth-order valence-electron chi connectivity index (χ4n) is 2.61. The molecule has 120 valence electrons. The van der Waals surface area contributed by atoms with E-state index in [-0.39, 0.29) is 23.3 Å². The SMILES string of the molecule is Cc1cn([C@H]2C=C[C@@H](NOCc3ccccc3)C2)c(=O)[nH]c1=O. The van der Waals surface area contributed by atoms with Gasteiger partial charge in [-0.3, -0.25) is 19.2 Å². The van der Waals surface area contributed by atoms with Crippen molar-refractivity contribution in [3.05, 3.63) is 80.6 Å². The van der Waals surface area contributed by atoms with Crippen LogP contribution < -0.4 is 16.7 Å². The van der Waals surface area contributed by atoms with Crippen molar-refractivity contribution in [3.8, 4) is 0 Å². The third kappa shape index (κ3) is 3.67. The monoisotopic (exact) mass is 313 g/mol. The van der Waals surface area contributed by atoms with Gasteiger partial charge in [-0.1, -0.05) is 42.5 Å². The predicted octanol–water partition coefficient (Wildman–Crippen LogP) is 1.44. The number of aryl methyl sites for hydroxylation is 1. The summed E-state index contributed by atoms with van der Waals surface area (Å²) in [6.07, 6.45) is 6.22. The first-order valence-electron chi connectivity index (χ1n) is 7.55. The molecule has 1 aromatic carbocycles. The third-order valence-electron chi connectivity index (χ3n) is 3.88. The summed E-state index contributed by atoms with van der Waals surface area (Å²) < 4.78 is 1.55. The average Bonchev–Trinajstić information content (AvgIpc) is 3.00. The molecule has 2 aromatic rings. The van der Waals surface area contributed by atoms with Gasteiger partial charge in [-0.2, -0.15) is 5.48 Å². The summed E-state index contributed by atoms with van der Waals surface area (Å²) in [7, 11) is 0. The number of H-pyrrole nitrogens is 1. The highest BCUT2D eigenvalue weighted by molar-refractivity contribution is 5.14. The predicted molar refractivity (Wildman–Crippen MR) is 87.0 cm³/mol. The number of benzene rings is 1. The molecule has 2 N–H and O–H groups in total. The van der Waals surface area contributed by atoms with E-state index in [1.54, 1.807) is 17.7 Å². The first-order valence-corrected chi connectivity index (χ1v) is 7.55. The lowest BCUT2D eigenvalue weighted by Gasteiger charge is -2.16. The molecule has 23 heavy (non-hydrogen) atoms. The van der Waals surface area contributed by atoms with E-state index in [0.29, 0.717) is 18.6 Å². The van der Waals surface area contributed by atoms with Crippen LogP contribution in [0, 0.1) is 6.92 Å². The Hall–Kier alpha value is -2.44. The Morgan fingerprint density at radius 3 is 2.83 bits per heavy atom. The van der Waals surface area contributed by atoms with Gasteiger partial charge in [-0.05, 0) is 18.9 Å². The van der Waals surface area contributed by atoms with E-state index in [2.05, 4.69) is 10.5 Å². The van der Waals surface area contributed by atoms with Gasteiger partial charge in [-0.15, -0.1) is 0 Å². The number of aromatic nitrogens is 2. The number of hydroxylamine groups is 1. The van der Waals surface area contributed by atoms with Gasteiger partial charge in [0, 0.05) is 11.8 Å². The standard InChI is InChI=1S/C17H19N3O3/c1-12-10-20(17(22)18-16(12)21)15-8-7-14(9-15)19-23-11-13-5-3-2-4-6-13/h2-8,10,14-15,19H,9,11H2,1H3,(H,18,21,22)/t14-,15+/m1/s1. The van der Waals surface area contributed by atoms with Crippen LogP contribution in [0.1, 0.15) is 23.6 Å². The molecule has 0 amide bonds. The van der Waals surface area contributed by atoms with Crippen molar-refractivity contribution in [1.82, 2.24) is 15.0 Å². The van der Waals surface area contributed by atoms with Crippen molar-refractivity contribution < 1.29 is 4.84 Å². The van der Waals surface area contributed by atoms with Crippen molar-refractivity contribution in [2.24, 2.45) is 0 Å². The number of rotatable bonds is 5. The van der Waals surface area contributed by atoms with Gasteiger partial charge in [0.05, 0.1) is 18.7 Å². The maximum Gasteiger partial charge on any atom is 0.328 e. The molecule has 0 spiro atoms. The Morgan fingerprint density at radius 1 is 1.26 bits per heavy atom. The van der Waals surface area contributed by atoms with Crippen molar-refractivity contribution >= 4 is 0 Å². The molecule has 6 nitrogen and oxygen atoms in total. The minimum absolute atomic E-state index is 0.0304. The quantitative estimate of drug-likeness (QED) is 0.647. The highest BCUT2D eigenvalue weighted by Gasteiger charge is 2.21. The lowest BCUT2D eigenvalue weighted by Crippen LogP contribution is -2.34. The Labute approximate surface area is 133 Å². The lowest BCUT2D eigenvalue weighted by molar-refractivity contribution is 0.0122. The van der Waals surface area contributed by atoms with E-state index in [9.17, 15) is 9.59 Å². The molecule has 2 atom stereocenters. The second-order valence-corrected chi connectivity index (χ2v) is 5.67. The molecule has 6 heteroatoms. The van der Waals surface area contributed by atoms with E-state index in [1.165, 1.54) is 0 Å². The van der Waals surface area contributed by atoms with Crippen LogP contribution in [0.3, 0.4) is 0 Å². The summed E-state index contributed by atoms with van der Waals surface area (Å²) >= 11 is 0. The zero-order valence-corrected chi connectivity index (χ0v) is 12.9. The van der Waals surface area contributed by atoms with Crippen LogP contribution in [0.25, 0.3) is 0 Å². The number of nitrogens with one attached hydrogen (secondary N) is 2. The Balaban J connectivity index is 1.57. The number of hydrogen-bond donors (Lipinski definition) is 2. The van der Waals surface area contributed by atoms with E-state index >= 15 is 0 Å². The molecule has 0 radical (unpaired) electrons. The molecule has 1 aliphatic carbocycles. The van der Waals surface area contributed by atoms with Crippen molar-refractivity contribution in [2.75, 3.05) is 0 Å². The highest BCUT2D eigenvalue weighted by atomic mass is 16.6. The summed E-state index contributed by atoms with van der Waals surface area (Å²) in [5.74, 6) is 0. The molecule has 1 aliphatic rings. The molecule has 0 unspecified atom stereocenters. The van der Waals surface area contributed by atoms with Gasteiger partial charge in [-0.25, -0.2) is 4.79 Å². The smallest absolute Gasteiger partial charge is 0.296 e. The lowest BCUT2D eigenvalue weighted by atomic mass is 10.2. The van der Waals surface area contributed by atoms with E-state index in [4.69, 9.17) is 4.84 Å². The summed E-state index contributed by atoms with van der Waals surface area (Å²) in [4.78, 5) is 31.2. The average molecular weight is 313 g/mol. The van der Waals surface area contributed by atoms with Crippen LogP contribution in [0.4, 0.5) is 0 Å². The molecule has 0 aliphatic heterocycles. The second-order valence-electron chi connectivity index (χ2n) is 5.67. The Bertz CT molecular complexity index is 808. The fraction of sp³-hybridized carbons (Fsp3) is 0.294. The normalized spacial score (nSPS) is 20.0. The van der Waals surface area contributed by atoms with Crippen molar-refractivity contribution in [2.45, 2.75) is 32.0 Å². The van der Waals surface area contributed by atoms with Gasteiger partial charge < -0.3 is 0 Å². The van der Waals surface area contributed by atoms with Crippen molar-refractivity contribution in [3.63, 3.8) is 0 Å². The maximum absolute atomic E-state index is 11.9. The topological polar surface area (TPSA) is 76.1 Å². The summed E-state index contributed by atoms with van der Waals surface area (Å²) in [5, 5.41) is 0. The minimum Gasteiger partial charge on any atom is -0.296 e. The number of allylic oxidation sites excluding steroid dienone is 1. The van der Waals surface area contributed by atoms with E-state index in [1.807, 2.05) is 42.5 Å². The second kappa shape index (κ2) is 6.76. The fourth-order valence-corrected chi connectivity index (χ4v) is 2.61. The molecular formula is C17H19N3O3. The van der Waals surface area contributed by atoms with Gasteiger partial charge >= 0.3 is 5.69 Å². The number of hydrogen-bond acceptors (Lipinski definition) is 4. The van der Waals surface area contributed by atoms with Crippen LogP contribution >= 0.6 is 0 Å². The van der Waals surface area contributed by atoms with Crippen LogP contribution in [0.2, 0.25) is 0 Å². The first-order chi connectivity index (χ1) is 11.1. The Kier molecular flexibility index (Phi) is 4.55. The molecule has 1 heterocycles. The molecule has 3 rings (SSSR count). The van der Waals surface area contributed by atoms with Gasteiger partial charge in [0.2, 0.25) is 0 Å². The Morgan fingerprint density at radius 2 is 2.04 bits per heavy atom. The minimum atomic E-state index is -0.388. The maximum atomic E-state index is 11.9. The van der Waals surface area contributed by atoms with Gasteiger partial charge in [0.1, 0.15) is 0 Å². The van der Waals surface area contributed by atoms with Gasteiger partial charge in [0.15, 0.2) is 0 Å². The first kappa shape index (κ1) is 15.5. The summed E-state index contributed by atoms with van der Waals surface area (Å²) in [6.45, 7) is 2.17. The number of nitrogens with zero attached hydrogens (tertiary/aromatic N) is 1. The van der Waals surface area contributed by atoms with Crippen LogP contribution in [-0.2, 0) is 11.4 Å². The van der Waals surface area contributed by atoms with Crippen LogP contribution in [-0.4, -0.2) is 15.6 Å². The molecule has 0 fully saturated rings. The summed E-state index contributed by atoms with van der Waals surface area (Å²) in [6, 6.07) is 9.84. The van der Waals surface area contributed by atoms with Gasteiger partial charge in [0.25, 0.3) is 5.56 Å². The molecule has 0 saturated carbocycles.